The molecule has 0 aliphatic carbocycles. The molecule has 0 aromatic carbocycles. The molecule has 0 aromatic heterocycles. The Bertz CT molecular complexity index is 417. The van der Waals surface area contributed by atoms with E-state index in [1.807, 2.05) is 11.8 Å². The first kappa shape index (κ1) is 17.6. The number of rotatable bonds is 7. The molecule has 1 unspecified atom stereocenters. The molecule has 1 saturated heterocycles. The first-order valence-corrected chi connectivity index (χ1v) is 9.60. The van der Waals surface area contributed by atoms with Gasteiger partial charge in [0.05, 0.1) is 5.75 Å². The molecule has 6 nitrogen and oxygen atoms in total. The van der Waals surface area contributed by atoms with Crippen molar-refractivity contribution in [2.24, 2.45) is 4.99 Å². The monoisotopic (exact) mass is 322 g/mol. The highest BCUT2D eigenvalue weighted by atomic mass is 32.2. The molecule has 20 heavy (non-hydrogen) atoms. The van der Waals surface area contributed by atoms with Crippen LogP contribution in [0.4, 0.5) is 0 Å². The molecule has 1 rings (SSSR count). The van der Waals surface area contributed by atoms with Gasteiger partial charge in [-0.15, -0.1) is 0 Å². The zero-order valence-electron chi connectivity index (χ0n) is 12.5. The van der Waals surface area contributed by atoms with E-state index < -0.39 is 10.0 Å². The number of nitrogens with one attached hydrogen (secondary N) is 3. The van der Waals surface area contributed by atoms with Gasteiger partial charge in [0.2, 0.25) is 10.0 Å². The summed E-state index contributed by atoms with van der Waals surface area (Å²) >= 11 is 1.99. The molecule has 118 valence electrons. The first-order chi connectivity index (χ1) is 9.41. The summed E-state index contributed by atoms with van der Waals surface area (Å²) in [6, 6.07) is 0. The minimum Gasteiger partial charge on any atom is -0.355 e. The van der Waals surface area contributed by atoms with Gasteiger partial charge >= 0.3 is 0 Å². The van der Waals surface area contributed by atoms with Crippen molar-refractivity contribution in [1.82, 2.24) is 15.4 Å². The molecule has 3 N–H and O–H groups in total. The van der Waals surface area contributed by atoms with Gasteiger partial charge in [0.1, 0.15) is 0 Å². The molecule has 1 atom stereocenters. The van der Waals surface area contributed by atoms with Crippen molar-refractivity contribution in [2.45, 2.75) is 31.4 Å². The Morgan fingerprint density at radius 1 is 1.35 bits per heavy atom. The van der Waals surface area contributed by atoms with Gasteiger partial charge in [-0.2, -0.15) is 11.8 Å². The fourth-order valence-corrected chi connectivity index (χ4v) is 3.82. The molecule has 0 amide bonds. The Hall–Kier alpha value is -0.470. The predicted molar refractivity (Wildman–Crippen MR) is 86.9 cm³/mol. The van der Waals surface area contributed by atoms with Crippen LogP contribution in [0.3, 0.4) is 0 Å². The zero-order chi connectivity index (χ0) is 15.1. The quantitative estimate of drug-likeness (QED) is 0.358. The second-order valence-corrected chi connectivity index (χ2v) is 8.83. The van der Waals surface area contributed by atoms with Gasteiger partial charge in [-0.25, -0.2) is 13.1 Å². The maximum Gasteiger partial charge on any atom is 0.211 e. The number of hydrogen-bond acceptors (Lipinski definition) is 4. The van der Waals surface area contributed by atoms with Gasteiger partial charge in [0.25, 0.3) is 0 Å². The third-order valence-corrected chi connectivity index (χ3v) is 6.22. The van der Waals surface area contributed by atoms with Crippen molar-refractivity contribution in [1.29, 1.82) is 0 Å². The van der Waals surface area contributed by atoms with Crippen molar-refractivity contribution in [3.8, 4) is 0 Å². The van der Waals surface area contributed by atoms with Crippen LogP contribution < -0.4 is 15.4 Å². The lowest BCUT2D eigenvalue weighted by atomic mass is 10.1. The average molecular weight is 323 g/mol. The van der Waals surface area contributed by atoms with Crippen LogP contribution in [0, 0.1) is 0 Å². The third kappa shape index (κ3) is 6.32. The standard InChI is InChI=1S/C12H26N4O2S2/c1-4-20(17,18)16-8-7-14-11(13-3)15-10-12(2)6-5-9-19-12/h16H,4-10H2,1-3H3,(H2,13,14,15). The van der Waals surface area contributed by atoms with E-state index in [-0.39, 0.29) is 10.5 Å². The highest BCUT2D eigenvalue weighted by Crippen LogP contribution is 2.36. The van der Waals surface area contributed by atoms with E-state index in [2.05, 4.69) is 27.3 Å². The maximum absolute atomic E-state index is 11.3. The van der Waals surface area contributed by atoms with E-state index in [4.69, 9.17) is 0 Å². The van der Waals surface area contributed by atoms with Crippen LogP contribution in [-0.4, -0.2) is 57.3 Å². The van der Waals surface area contributed by atoms with E-state index in [0.717, 1.165) is 12.5 Å². The molecule has 8 heteroatoms. The second-order valence-electron chi connectivity index (χ2n) is 5.05. The molecular weight excluding hydrogens is 296 g/mol. The fraction of sp³-hybridized carbons (Fsp3) is 0.917. The van der Waals surface area contributed by atoms with Crippen molar-refractivity contribution < 1.29 is 8.42 Å². The summed E-state index contributed by atoms with van der Waals surface area (Å²) in [6.45, 7) is 5.64. The lowest BCUT2D eigenvalue weighted by molar-refractivity contribution is 0.578. The molecule has 1 aliphatic rings. The Balaban J connectivity index is 2.23. The lowest BCUT2D eigenvalue weighted by Gasteiger charge is -2.24. The molecular formula is C12H26N4O2S2. The lowest BCUT2D eigenvalue weighted by Crippen LogP contribution is -2.45. The van der Waals surface area contributed by atoms with E-state index >= 15 is 0 Å². The van der Waals surface area contributed by atoms with Gasteiger partial charge in [0.15, 0.2) is 5.96 Å². The Kier molecular flexibility index (Phi) is 7.11. The summed E-state index contributed by atoms with van der Waals surface area (Å²) in [5.74, 6) is 2.05. The van der Waals surface area contributed by atoms with E-state index in [1.54, 1.807) is 14.0 Å². The summed E-state index contributed by atoms with van der Waals surface area (Å²) < 4.78 is 25.3. The number of aliphatic imine (C=N–C) groups is 1. The molecule has 1 aliphatic heterocycles. The summed E-state index contributed by atoms with van der Waals surface area (Å²) in [5.41, 5.74) is 0. The highest BCUT2D eigenvalue weighted by Gasteiger charge is 2.29. The topological polar surface area (TPSA) is 82.6 Å². The second kappa shape index (κ2) is 8.09. The number of sulfonamides is 1. The number of nitrogens with zero attached hydrogens (tertiary/aromatic N) is 1. The Morgan fingerprint density at radius 2 is 2.10 bits per heavy atom. The van der Waals surface area contributed by atoms with Gasteiger partial charge in [-0.3, -0.25) is 4.99 Å². The van der Waals surface area contributed by atoms with Gasteiger partial charge < -0.3 is 10.6 Å². The van der Waals surface area contributed by atoms with Crippen LogP contribution in [0.25, 0.3) is 0 Å². The minimum absolute atomic E-state index is 0.107. The fourth-order valence-electron chi connectivity index (χ4n) is 1.96. The highest BCUT2D eigenvalue weighted by molar-refractivity contribution is 8.00. The van der Waals surface area contributed by atoms with Gasteiger partial charge in [-0.05, 0) is 32.4 Å². The van der Waals surface area contributed by atoms with Crippen LogP contribution in [0.5, 0.6) is 0 Å². The number of hydrogen-bond donors (Lipinski definition) is 3. The van der Waals surface area contributed by atoms with Crippen molar-refractivity contribution >= 4 is 27.7 Å². The number of thioether (sulfide) groups is 1. The Labute approximate surface area is 126 Å². The summed E-state index contributed by atoms with van der Waals surface area (Å²) in [7, 11) is -1.40. The van der Waals surface area contributed by atoms with Gasteiger partial charge in [-0.1, -0.05) is 0 Å². The summed E-state index contributed by atoms with van der Waals surface area (Å²) in [6.07, 6.45) is 2.49. The smallest absolute Gasteiger partial charge is 0.211 e. The molecule has 1 heterocycles. The van der Waals surface area contributed by atoms with E-state index in [9.17, 15) is 8.42 Å². The minimum atomic E-state index is -3.11. The van der Waals surface area contributed by atoms with E-state index in [1.165, 1.54) is 18.6 Å². The van der Waals surface area contributed by atoms with Crippen molar-refractivity contribution in [3.63, 3.8) is 0 Å². The van der Waals surface area contributed by atoms with Crippen LogP contribution in [0.2, 0.25) is 0 Å². The normalized spacial score (nSPS) is 23.9. The van der Waals surface area contributed by atoms with Crippen molar-refractivity contribution in [3.05, 3.63) is 0 Å². The van der Waals surface area contributed by atoms with Crippen molar-refractivity contribution in [2.75, 3.05) is 38.2 Å². The van der Waals surface area contributed by atoms with Gasteiger partial charge in [0, 0.05) is 31.4 Å². The van der Waals surface area contributed by atoms with Crippen LogP contribution in [0.1, 0.15) is 26.7 Å². The first-order valence-electron chi connectivity index (χ1n) is 6.96. The van der Waals surface area contributed by atoms with Crippen LogP contribution in [0.15, 0.2) is 4.99 Å². The molecule has 0 bridgehead atoms. The molecule has 0 aromatic rings. The maximum atomic E-state index is 11.3. The average Bonchev–Trinajstić information content (AvgIpc) is 2.85. The summed E-state index contributed by atoms with van der Waals surface area (Å²) in [5, 5.41) is 6.41. The van der Waals surface area contributed by atoms with Crippen LogP contribution in [-0.2, 0) is 10.0 Å². The molecule has 1 fully saturated rings. The third-order valence-electron chi connectivity index (χ3n) is 3.27. The molecule has 0 spiro atoms. The number of guanidine groups is 1. The zero-order valence-corrected chi connectivity index (χ0v) is 14.2. The van der Waals surface area contributed by atoms with Crippen LogP contribution >= 0.6 is 11.8 Å². The molecule has 0 radical (unpaired) electrons. The predicted octanol–water partition coefficient (Wildman–Crippen LogP) is 0.376. The van der Waals surface area contributed by atoms with E-state index in [0.29, 0.717) is 13.1 Å². The SMILES string of the molecule is CCS(=O)(=O)NCCNC(=NC)NCC1(C)CCCS1. The largest absolute Gasteiger partial charge is 0.355 e. The molecule has 0 saturated carbocycles. The summed E-state index contributed by atoms with van der Waals surface area (Å²) in [4.78, 5) is 4.14. The Morgan fingerprint density at radius 3 is 2.65 bits per heavy atom.